The number of nitrogens with one attached hydrogen (secondary N) is 1. The molecule has 3 aromatic carbocycles. The smallest absolute Gasteiger partial charge is 0.251 e. The van der Waals surface area contributed by atoms with E-state index in [1.807, 2.05) is 54.6 Å². The van der Waals surface area contributed by atoms with Crippen molar-refractivity contribution in [3.8, 4) is 5.75 Å². The Hall–Kier alpha value is -4.17. The van der Waals surface area contributed by atoms with Crippen molar-refractivity contribution in [1.82, 2.24) is 19.9 Å². The van der Waals surface area contributed by atoms with E-state index in [9.17, 15) is 9.18 Å². The summed E-state index contributed by atoms with van der Waals surface area (Å²) in [7, 11) is 1.62. The maximum absolute atomic E-state index is 13.4. The van der Waals surface area contributed by atoms with Gasteiger partial charge in [-0.15, -0.1) is 0 Å². The van der Waals surface area contributed by atoms with Gasteiger partial charge in [0.15, 0.2) is 5.16 Å². The topological polar surface area (TPSA) is 69.0 Å². The molecule has 0 saturated carbocycles. The van der Waals surface area contributed by atoms with Crippen LogP contribution in [0.5, 0.6) is 5.75 Å². The normalized spacial score (nSPS) is 11.0. The number of carbonyl (C=O) groups is 1. The standard InChI is InChI=1S/C29H25FN4O2S/c1-36-27-5-3-2-4-23(27)16-32-28(35)22-10-6-21(7-11-22)19-37-29-33-25-14-15-31-17-26(25)34(29)18-20-8-12-24(30)13-9-20/h2-15,17H,16,18-19H2,1H3,(H,32,35). The van der Waals surface area contributed by atoms with Crippen LogP contribution >= 0.6 is 11.8 Å². The number of ether oxygens (including phenoxy) is 1. The van der Waals surface area contributed by atoms with Crippen LogP contribution in [0.25, 0.3) is 11.0 Å². The van der Waals surface area contributed by atoms with Crippen molar-refractivity contribution in [3.05, 3.63) is 119 Å². The number of para-hydroxylation sites is 1. The lowest BCUT2D eigenvalue weighted by Gasteiger charge is -2.10. The van der Waals surface area contributed by atoms with Crippen molar-refractivity contribution in [1.29, 1.82) is 0 Å². The summed E-state index contributed by atoms with van der Waals surface area (Å²) in [5.74, 6) is 1.03. The van der Waals surface area contributed by atoms with Gasteiger partial charge in [-0.1, -0.05) is 54.2 Å². The minimum absolute atomic E-state index is 0.140. The molecule has 1 amide bonds. The van der Waals surface area contributed by atoms with E-state index in [1.165, 1.54) is 12.1 Å². The molecule has 1 N–H and O–H groups in total. The molecule has 186 valence electrons. The average molecular weight is 513 g/mol. The summed E-state index contributed by atoms with van der Waals surface area (Å²) >= 11 is 1.61. The van der Waals surface area contributed by atoms with Crippen LogP contribution < -0.4 is 10.1 Å². The molecule has 0 aliphatic carbocycles. The lowest BCUT2D eigenvalue weighted by atomic mass is 10.1. The van der Waals surface area contributed by atoms with E-state index in [0.717, 1.165) is 38.6 Å². The Bertz CT molecular complexity index is 1520. The summed E-state index contributed by atoms with van der Waals surface area (Å²) in [6.07, 6.45) is 3.53. The highest BCUT2D eigenvalue weighted by molar-refractivity contribution is 7.98. The molecule has 37 heavy (non-hydrogen) atoms. The molecule has 0 aliphatic heterocycles. The highest BCUT2D eigenvalue weighted by atomic mass is 32.2. The lowest BCUT2D eigenvalue weighted by Crippen LogP contribution is -2.23. The molecule has 0 bridgehead atoms. The Labute approximate surface area is 218 Å². The van der Waals surface area contributed by atoms with Gasteiger partial charge in [0, 0.05) is 29.6 Å². The molecule has 0 atom stereocenters. The number of aromatic nitrogens is 3. The number of carbonyl (C=O) groups excluding carboxylic acids is 1. The fourth-order valence-corrected chi connectivity index (χ4v) is 4.98. The Kier molecular flexibility index (Phi) is 7.46. The molecule has 0 spiro atoms. The van der Waals surface area contributed by atoms with Crippen molar-refractivity contribution in [2.24, 2.45) is 0 Å². The summed E-state index contributed by atoms with van der Waals surface area (Å²) < 4.78 is 20.8. The summed E-state index contributed by atoms with van der Waals surface area (Å²) in [6, 6.07) is 23.6. The second-order valence-electron chi connectivity index (χ2n) is 8.45. The molecule has 6 nitrogen and oxygen atoms in total. The Morgan fingerprint density at radius 1 is 1.00 bits per heavy atom. The van der Waals surface area contributed by atoms with Gasteiger partial charge in [-0.25, -0.2) is 9.37 Å². The van der Waals surface area contributed by atoms with Gasteiger partial charge < -0.3 is 14.6 Å². The van der Waals surface area contributed by atoms with E-state index >= 15 is 0 Å². The summed E-state index contributed by atoms with van der Waals surface area (Å²) in [5.41, 5.74) is 5.36. The first-order valence-corrected chi connectivity index (χ1v) is 12.8. The van der Waals surface area contributed by atoms with Crippen LogP contribution in [0.1, 0.15) is 27.0 Å². The first kappa shape index (κ1) is 24.5. The molecule has 2 heterocycles. The van der Waals surface area contributed by atoms with E-state index < -0.39 is 0 Å². The number of pyridine rings is 1. The number of benzene rings is 3. The van der Waals surface area contributed by atoms with E-state index in [2.05, 4.69) is 14.9 Å². The predicted octanol–water partition coefficient (Wildman–Crippen LogP) is 5.85. The van der Waals surface area contributed by atoms with Crippen LogP contribution in [0.3, 0.4) is 0 Å². The predicted molar refractivity (Wildman–Crippen MR) is 143 cm³/mol. The number of thioether (sulfide) groups is 1. The zero-order chi connectivity index (χ0) is 25.6. The molecule has 5 aromatic rings. The first-order chi connectivity index (χ1) is 18.1. The number of imidazole rings is 1. The van der Waals surface area contributed by atoms with Gasteiger partial charge in [0.2, 0.25) is 0 Å². The molecule has 0 aliphatic rings. The number of halogens is 1. The molecule has 2 aromatic heterocycles. The third-order valence-electron chi connectivity index (χ3n) is 5.99. The molecule has 0 saturated heterocycles. The zero-order valence-electron chi connectivity index (χ0n) is 20.2. The number of amides is 1. The van der Waals surface area contributed by atoms with Gasteiger partial charge in [0.25, 0.3) is 5.91 Å². The Morgan fingerprint density at radius 3 is 2.54 bits per heavy atom. The van der Waals surface area contributed by atoms with Crippen LogP contribution in [0.2, 0.25) is 0 Å². The van der Waals surface area contributed by atoms with E-state index in [0.29, 0.717) is 24.4 Å². The van der Waals surface area contributed by atoms with Crippen molar-refractivity contribution in [3.63, 3.8) is 0 Å². The minimum Gasteiger partial charge on any atom is -0.496 e. The van der Waals surface area contributed by atoms with E-state index in [-0.39, 0.29) is 11.7 Å². The lowest BCUT2D eigenvalue weighted by molar-refractivity contribution is 0.0950. The van der Waals surface area contributed by atoms with Crippen LogP contribution in [-0.2, 0) is 18.8 Å². The SMILES string of the molecule is COc1ccccc1CNC(=O)c1ccc(CSc2nc3ccncc3n2Cc2ccc(F)cc2)cc1. The zero-order valence-corrected chi connectivity index (χ0v) is 21.0. The quantitative estimate of drug-likeness (QED) is 0.251. The molecule has 5 rings (SSSR count). The molecule has 0 radical (unpaired) electrons. The van der Waals surface area contributed by atoms with Crippen molar-refractivity contribution in [2.75, 3.05) is 7.11 Å². The molecule has 0 fully saturated rings. The molecular formula is C29H25FN4O2S. The second-order valence-corrected chi connectivity index (χ2v) is 9.39. The van der Waals surface area contributed by atoms with Gasteiger partial charge in [-0.3, -0.25) is 9.78 Å². The third kappa shape index (κ3) is 5.81. The maximum atomic E-state index is 13.4. The highest BCUT2D eigenvalue weighted by Gasteiger charge is 2.13. The largest absolute Gasteiger partial charge is 0.496 e. The second kappa shape index (κ2) is 11.3. The molecule has 8 heteroatoms. The monoisotopic (exact) mass is 512 g/mol. The molecule has 0 unspecified atom stereocenters. The summed E-state index contributed by atoms with van der Waals surface area (Å²) in [5, 5.41) is 3.80. The minimum atomic E-state index is -0.257. The van der Waals surface area contributed by atoms with Crippen LogP contribution in [0, 0.1) is 5.82 Å². The summed E-state index contributed by atoms with van der Waals surface area (Å²) in [6.45, 7) is 0.954. The highest BCUT2D eigenvalue weighted by Crippen LogP contribution is 2.27. The van der Waals surface area contributed by atoms with Crippen LogP contribution in [0.15, 0.2) is 96.4 Å². The Balaban J connectivity index is 1.25. The van der Waals surface area contributed by atoms with Gasteiger partial charge in [0.05, 0.1) is 30.9 Å². The van der Waals surface area contributed by atoms with Gasteiger partial charge in [-0.2, -0.15) is 0 Å². The first-order valence-electron chi connectivity index (χ1n) is 11.8. The van der Waals surface area contributed by atoms with Crippen molar-refractivity contribution >= 4 is 28.7 Å². The van der Waals surface area contributed by atoms with Crippen molar-refractivity contribution in [2.45, 2.75) is 24.0 Å². The van der Waals surface area contributed by atoms with E-state index in [1.54, 1.807) is 43.4 Å². The number of hydrogen-bond acceptors (Lipinski definition) is 5. The Morgan fingerprint density at radius 2 is 1.76 bits per heavy atom. The number of nitrogens with zero attached hydrogens (tertiary/aromatic N) is 3. The third-order valence-corrected chi connectivity index (χ3v) is 7.03. The summed E-state index contributed by atoms with van der Waals surface area (Å²) in [4.78, 5) is 21.7. The van der Waals surface area contributed by atoms with Crippen molar-refractivity contribution < 1.29 is 13.9 Å². The average Bonchev–Trinajstić information content (AvgIpc) is 3.29. The fraction of sp³-hybridized carbons (Fsp3) is 0.138. The number of fused-ring (bicyclic) bond motifs is 1. The van der Waals surface area contributed by atoms with Crippen LogP contribution in [0.4, 0.5) is 4.39 Å². The maximum Gasteiger partial charge on any atom is 0.251 e. The fourth-order valence-electron chi connectivity index (χ4n) is 4.01. The number of hydrogen-bond donors (Lipinski definition) is 1. The van der Waals surface area contributed by atoms with E-state index in [4.69, 9.17) is 9.72 Å². The van der Waals surface area contributed by atoms with Gasteiger partial charge in [-0.05, 0) is 47.5 Å². The number of methoxy groups -OCH3 is 1. The van der Waals surface area contributed by atoms with Crippen LogP contribution in [-0.4, -0.2) is 27.6 Å². The van der Waals surface area contributed by atoms with Gasteiger partial charge in [0.1, 0.15) is 11.6 Å². The van der Waals surface area contributed by atoms with Gasteiger partial charge >= 0.3 is 0 Å². The number of rotatable bonds is 9. The molecular weight excluding hydrogens is 487 g/mol.